The average molecular weight is 374 g/mol. The molecule has 134 valence electrons. The van der Waals surface area contributed by atoms with Crippen molar-refractivity contribution in [2.45, 2.75) is 0 Å². The Kier molecular flexibility index (Phi) is 5.14. The molecule has 0 fully saturated rings. The summed E-state index contributed by atoms with van der Waals surface area (Å²) in [7, 11) is 4.53. The van der Waals surface area contributed by atoms with E-state index in [1.165, 1.54) is 21.3 Å². The number of hydrogen-bond donors (Lipinski definition) is 0. The summed E-state index contributed by atoms with van der Waals surface area (Å²) in [5.41, 5.74) is 1.51. The third kappa shape index (κ3) is 3.50. The fourth-order valence-corrected chi connectivity index (χ4v) is 2.58. The van der Waals surface area contributed by atoms with Gasteiger partial charge in [0.1, 0.15) is 0 Å². The molecule has 0 atom stereocenters. The number of halogens is 1. The van der Waals surface area contributed by atoms with Crippen LogP contribution in [0, 0.1) is 0 Å². The summed E-state index contributed by atoms with van der Waals surface area (Å²) in [6.07, 6.45) is 1.63. The van der Waals surface area contributed by atoms with Gasteiger partial charge in [-0.15, -0.1) is 0 Å². The molecule has 7 heteroatoms. The first-order valence-corrected chi connectivity index (χ1v) is 8.02. The lowest BCUT2D eigenvalue weighted by molar-refractivity contribution is -0.129. The number of benzene rings is 2. The summed E-state index contributed by atoms with van der Waals surface area (Å²) >= 11 is 5.87. The molecule has 0 aromatic heterocycles. The molecule has 0 N–H and O–H groups in total. The third-order valence-corrected chi connectivity index (χ3v) is 3.96. The van der Waals surface area contributed by atoms with Gasteiger partial charge in [0.15, 0.2) is 17.2 Å². The lowest BCUT2D eigenvalue weighted by atomic mass is 10.1. The van der Waals surface area contributed by atoms with Crippen LogP contribution < -0.4 is 14.2 Å². The second-order valence-corrected chi connectivity index (χ2v) is 5.74. The van der Waals surface area contributed by atoms with Gasteiger partial charge in [-0.25, -0.2) is 9.79 Å². The zero-order chi connectivity index (χ0) is 18.7. The van der Waals surface area contributed by atoms with Crippen LogP contribution >= 0.6 is 11.6 Å². The van der Waals surface area contributed by atoms with E-state index in [2.05, 4.69) is 4.99 Å². The predicted octanol–water partition coefficient (Wildman–Crippen LogP) is 3.71. The molecule has 0 unspecified atom stereocenters. The van der Waals surface area contributed by atoms with Crippen molar-refractivity contribution in [2.24, 2.45) is 4.99 Å². The zero-order valence-corrected chi connectivity index (χ0v) is 15.2. The van der Waals surface area contributed by atoms with Gasteiger partial charge in [-0.1, -0.05) is 23.7 Å². The highest BCUT2D eigenvalue weighted by atomic mass is 35.5. The van der Waals surface area contributed by atoms with E-state index >= 15 is 0 Å². The Morgan fingerprint density at radius 3 is 2.15 bits per heavy atom. The largest absolute Gasteiger partial charge is 0.493 e. The minimum absolute atomic E-state index is 0.162. The van der Waals surface area contributed by atoms with Crippen molar-refractivity contribution in [1.82, 2.24) is 0 Å². The lowest BCUT2D eigenvalue weighted by Crippen LogP contribution is -2.06. The SMILES string of the molecule is COc1cc(C2=NC(=Cc3ccc(Cl)cc3)C(=O)O2)cc(OC)c1OC. The van der Waals surface area contributed by atoms with Crippen LogP contribution in [0.15, 0.2) is 47.1 Å². The van der Waals surface area contributed by atoms with Gasteiger partial charge in [0.05, 0.1) is 21.3 Å². The number of rotatable bonds is 5. The Balaban J connectivity index is 1.99. The van der Waals surface area contributed by atoms with Crippen molar-refractivity contribution in [1.29, 1.82) is 0 Å². The molecule has 3 rings (SSSR count). The van der Waals surface area contributed by atoms with Crippen molar-refractivity contribution >= 4 is 29.5 Å². The maximum Gasteiger partial charge on any atom is 0.363 e. The fourth-order valence-electron chi connectivity index (χ4n) is 2.45. The minimum atomic E-state index is -0.538. The molecule has 0 saturated heterocycles. The van der Waals surface area contributed by atoms with E-state index in [-0.39, 0.29) is 11.6 Å². The molecule has 0 saturated carbocycles. The summed E-state index contributed by atoms with van der Waals surface area (Å²) in [5.74, 6) is 0.949. The number of aliphatic imine (C=N–C) groups is 1. The van der Waals surface area contributed by atoms with Crippen molar-refractivity contribution < 1.29 is 23.7 Å². The normalized spacial score (nSPS) is 14.8. The standard InChI is InChI=1S/C19H16ClNO5/c1-23-15-9-12(10-16(24-2)17(15)25-3)18-21-14(19(22)26-18)8-11-4-6-13(20)7-5-11/h4-10H,1-3H3. The first-order valence-electron chi connectivity index (χ1n) is 7.64. The Bertz CT molecular complexity index is 878. The summed E-state index contributed by atoms with van der Waals surface area (Å²) in [6, 6.07) is 10.4. The average Bonchev–Trinajstić information content (AvgIpc) is 3.02. The zero-order valence-electron chi connectivity index (χ0n) is 14.4. The first kappa shape index (κ1) is 17.8. The van der Waals surface area contributed by atoms with E-state index in [9.17, 15) is 4.79 Å². The van der Waals surface area contributed by atoms with Crippen LogP contribution in [0.1, 0.15) is 11.1 Å². The first-order chi connectivity index (χ1) is 12.5. The molecule has 0 aliphatic carbocycles. The Labute approximate surface area is 155 Å². The van der Waals surface area contributed by atoms with E-state index in [1.807, 2.05) is 0 Å². The van der Waals surface area contributed by atoms with Crippen LogP contribution in [0.2, 0.25) is 5.02 Å². The van der Waals surface area contributed by atoms with Crippen LogP contribution in [0.4, 0.5) is 0 Å². The van der Waals surface area contributed by atoms with Gasteiger partial charge >= 0.3 is 5.97 Å². The van der Waals surface area contributed by atoms with E-state index < -0.39 is 5.97 Å². The molecule has 2 aromatic rings. The number of cyclic esters (lactones) is 1. The summed E-state index contributed by atoms with van der Waals surface area (Å²) in [5, 5.41) is 0.614. The van der Waals surface area contributed by atoms with Gasteiger partial charge < -0.3 is 18.9 Å². The van der Waals surface area contributed by atoms with Crippen molar-refractivity contribution in [3.05, 3.63) is 58.2 Å². The van der Waals surface area contributed by atoms with Crippen LogP contribution in [0.25, 0.3) is 6.08 Å². The van der Waals surface area contributed by atoms with E-state index in [0.717, 1.165) is 5.56 Å². The van der Waals surface area contributed by atoms with Crippen LogP contribution in [-0.4, -0.2) is 33.2 Å². The monoisotopic (exact) mass is 373 g/mol. The number of methoxy groups -OCH3 is 3. The Hall–Kier alpha value is -2.99. The number of hydrogen-bond acceptors (Lipinski definition) is 6. The number of carbonyl (C=O) groups is 1. The molecule has 0 radical (unpaired) electrons. The maximum absolute atomic E-state index is 12.1. The molecule has 2 aromatic carbocycles. The molecular weight excluding hydrogens is 358 g/mol. The highest BCUT2D eigenvalue weighted by molar-refractivity contribution is 6.30. The highest BCUT2D eigenvalue weighted by Gasteiger charge is 2.26. The van der Waals surface area contributed by atoms with E-state index in [0.29, 0.717) is 27.8 Å². The van der Waals surface area contributed by atoms with Gasteiger partial charge in [-0.05, 0) is 35.9 Å². The molecular formula is C19H16ClNO5. The van der Waals surface area contributed by atoms with Gasteiger partial charge in [-0.3, -0.25) is 0 Å². The molecule has 26 heavy (non-hydrogen) atoms. The molecule has 0 bridgehead atoms. The highest BCUT2D eigenvalue weighted by Crippen LogP contribution is 2.39. The minimum Gasteiger partial charge on any atom is -0.493 e. The maximum atomic E-state index is 12.1. The van der Waals surface area contributed by atoms with Crippen molar-refractivity contribution in [3.63, 3.8) is 0 Å². The smallest absolute Gasteiger partial charge is 0.363 e. The third-order valence-electron chi connectivity index (χ3n) is 3.71. The van der Waals surface area contributed by atoms with Gasteiger partial charge in [-0.2, -0.15) is 0 Å². The van der Waals surface area contributed by atoms with E-state index in [4.69, 9.17) is 30.5 Å². The topological polar surface area (TPSA) is 66.4 Å². The molecule has 1 heterocycles. The number of esters is 1. The van der Waals surface area contributed by atoms with Gasteiger partial charge in [0.2, 0.25) is 11.6 Å². The number of nitrogens with zero attached hydrogens (tertiary/aromatic N) is 1. The molecule has 0 amide bonds. The fraction of sp³-hybridized carbons (Fsp3) is 0.158. The van der Waals surface area contributed by atoms with Crippen LogP contribution in [0.3, 0.4) is 0 Å². The summed E-state index contributed by atoms with van der Waals surface area (Å²) < 4.78 is 21.2. The summed E-state index contributed by atoms with van der Waals surface area (Å²) in [4.78, 5) is 16.4. The van der Waals surface area contributed by atoms with Crippen molar-refractivity contribution in [3.8, 4) is 17.2 Å². The van der Waals surface area contributed by atoms with Crippen LogP contribution in [-0.2, 0) is 9.53 Å². The van der Waals surface area contributed by atoms with Gasteiger partial charge in [0.25, 0.3) is 0 Å². The lowest BCUT2D eigenvalue weighted by Gasteiger charge is -2.13. The second-order valence-electron chi connectivity index (χ2n) is 5.30. The van der Waals surface area contributed by atoms with Crippen LogP contribution in [0.5, 0.6) is 17.2 Å². The second kappa shape index (κ2) is 7.49. The Morgan fingerprint density at radius 2 is 1.62 bits per heavy atom. The van der Waals surface area contributed by atoms with E-state index in [1.54, 1.807) is 42.5 Å². The summed E-state index contributed by atoms with van der Waals surface area (Å²) in [6.45, 7) is 0. The molecule has 1 aliphatic heterocycles. The Morgan fingerprint density at radius 1 is 1.00 bits per heavy atom. The van der Waals surface area contributed by atoms with Crippen molar-refractivity contribution in [2.75, 3.05) is 21.3 Å². The van der Waals surface area contributed by atoms with Gasteiger partial charge in [0, 0.05) is 10.6 Å². The quantitative estimate of drug-likeness (QED) is 0.590. The predicted molar refractivity (Wildman–Crippen MR) is 98.2 cm³/mol. The molecule has 0 spiro atoms. The number of ether oxygens (including phenoxy) is 4. The molecule has 1 aliphatic rings. The molecule has 6 nitrogen and oxygen atoms in total. The number of carbonyl (C=O) groups excluding carboxylic acids is 1.